The summed E-state index contributed by atoms with van der Waals surface area (Å²) in [6, 6.07) is 0. The van der Waals surface area contributed by atoms with Gasteiger partial charge in [-0.1, -0.05) is 15.9 Å². The smallest absolute Gasteiger partial charge is 0.143 e. The third-order valence-electron chi connectivity index (χ3n) is 3.02. The van der Waals surface area contributed by atoms with Crippen molar-refractivity contribution in [3.05, 3.63) is 11.6 Å². The van der Waals surface area contributed by atoms with Crippen molar-refractivity contribution in [1.82, 2.24) is 14.8 Å². The number of ether oxygens (including phenoxy) is 2. The fourth-order valence-electron chi connectivity index (χ4n) is 2.12. The Morgan fingerprint density at radius 1 is 1.53 bits per heavy atom. The van der Waals surface area contributed by atoms with Crippen LogP contribution in [0.25, 0.3) is 0 Å². The predicted octanol–water partition coefficient (Wildman–Crippen LogP) is 1.71. The minimum atomic E-state index is 0.376. The van der Waals surface area contributed by atoms with Crippen LogP contribution in [0, 0.1) is 0 Å². The Morgan fingerprint density at radius 3 is 3.06 bits per heavy atom. The number of halogens is 1. The van der Waals surface area contributed by atoms with Gasteiger partial charge in [-0.15, -0.1) is 10.2 Å². The monoisotopic (exact) mass is 303 g/mol. The molecule has 2 rings (SSSR count). The van der Waals surface area contributed by atoms with Crippen LogP contribution in [-0.4, -0.2) is 41.7 Å². The Balaban J connectivity index is 2.16. The number of alkyl halides is 1. The van der Waals surface area contributed by atoms with Crippen LogP contribution in [0.15, 0.2) is 0 Å². The molecule has 5 nitrogen and oxygen atoms in total. The molecule has 0 bridgehead atoms. The zero-order valence-corrected chi connectivity index (χ0v) is 11.6. The first-order valence-electron chi connectivity index (χ1n) is 5.91. The van der Waals surface area contributed by atoms with E-state index in [0.717, 1.165) is 49.6 Å². The molecule has 0 spiro atoms. The number of nitrogens with zero attached hydrogens (tertiary/aromatic N) is 3. The second-order valence-electron chi connectivity index (χ2n) is 4.17. The maximum absolute atomic E-state index is 5.51. The van der Waals surface area contributed by atoms with E-state index in [1.165, 1.54) is 0 Å². The van der Waals surface area contributed by atoms with Crippen molar-refractivity contribution >= 4 is 15.9 Å². The van der Waals surface area contributed by atoms with Gasteiger partial charge in [-0.25, -0.2) is 0 Å². The van der Waals surface area contributed by atoms with Gasteiger partial charge in [-0.05, 0) is 12.8 Å². The van der Waals surface area contributed by atoms with Crippen LogP contribution >= 0.6 is 15.9 Å². The average molecular weight is 304 g/mol. The summed E-state index contributed by atoms with van der Waals surface area (Å²) < 4.78 is 12.8. The van der Waals surface area contributed by atoms with Crippen molar-refractivity contribution in [3.63, 3.8) is 0 Å². The third kappa shape index (κ3) is 3.05. The molecular formula is C11H18BrN3O2. The molecule has 17 heavy (non-hydrogen) atoms. The van der Waals surface area contributed by atoms with Crippen LogP contribution in [0.3, 0.4) is 0 Å². The summed E-state index contributed by atoms with van der Waals surface area (Å²) in [5.41, 5.74) is 0. The van der Waals surface area contributed by atoms with E-state index in [-0.39, 0.29) is 0 Å². The fourth-order valence-corrected chi connectivity index (χ4v) is 2.54. The summed E-state index contributed by atoms with van der Waals surface area (Å²) in [4.78, 5) is 0. The molecular weight excluding hydrogens is 286 g/mol. The molecule has 1 aliphatic rings. The molecule has 0 radical (unpaired) electrons. The van der Waals surface area contributed by atoms with Crippen molar-refractivity contribution in [3.8, 4) is 0 Å². The van der Waals surface area contributed by atoms with E-state index in [9.17, 15) is 0 Å². The second kappa shape index (κ2) is 6.47. The predicted molar refractivity (Wildman–Crippen MR) is 67.3 cm³/mol. The van der Waals surface area contributed by atoms with E-state index < -0.39 is 0 Å². The van der Waals surface area contributed by atoms with Gasteiger partial charge in [-0.3, -0.25) is 0 Å². The minimum Gasteiger partial charge on any atom is -0.383 e. The Kier molecular flexibility index (Phi) is 4.94. The molecule has 2 heterocycles. The van der Waals surface area contributed by atoms with Crippen LogP contribution in [0.5, 0.6) is 0 Å². The van der Waals surface area contributed by atoms with E-state index in [0.29, 0.717) is 12.5 Å². The summed E-state index contributed by atoms with van der Waals surface area (Å²) in [5.74, 6) is 2.37. The number of aromatic nitrogens is 3. The molecule has 0 N–H and O–H groups in total. The molecule has 0 aliphatic carbocycles. The minimum absolute atomic E-state index is 0.376. The first-order chi connectivity index (χ1) is 8.36. The first kappa shape index (κ1) is 13.0. The van der Waals surface area contributed by atoms with Crippen LogP contribution in [0.1, 0.15) is 30.4 Å². The average Bonchev–Trinajstić information content (AvgIpc) is 2.80. The van der Waals surface area contributed by atoms with Gasteiger partial charge in [0.05, 0.1) is 18.5 Å². The Hall–Kier alpha value is -0.460. The topological polar surface area (TPSA) is 49.2 Å². The van der Waals surface area contributed by atoms with E-state index in [2.05, 4.69) is 30.7 Å². The largest absolute Gasteiger partial charge is 0.383 e. The summed E-state index contributed by atoms with van der Waals surface area (Å²) in [6.07, 6.45) is 2.23. The molecule has 6 heteroatoms. The molecule has 0 aromatic carbocycles. The number of methoxy groups -OCH3 is 1. The van der Waals surface area contributed by atoms with Crippen molar-refractivity contribution in [2.75, 3.05) is 26.9 Å². The van der Waals surface area contributed by atoms with Gasteiger partial charge in [0.1, 0.15) is 11.6 Å². The van der Waals surface area contributed by atoms with Gasteiger partial charge >= 0.3 is 0 Å². The summed E-state index contributed by atoms with van der Waals surface area (Å²) in [6.45, 7) is 3.11. The van der Waals surface area contributed by atoms with Crippen molar-refractivity contribution in [2.45, 2.75) is 30.6 Å². The molecule has 1 atom stereocenters. The van der Waals surface area contributed by atoms with Gasteiger partial charge in [0, 0.05) is 26.2 Å². The van der Waals surface area contributed by atoms with Crippen molar-refractivity contribution in [1.29, 1.82) is 0 Å². The zero-order valence-electron chi connectivity index (χ0n) is 10.1. The highest BCUT2D eigenvalue weighted by Crippen LogP contribution is 2.24. The molecule has 0 amide bonds. The highest BCUT2D eigenvalue weighted by Gasteiger charge is 2.23. The number of hydrogen-bond acceptors (Lipinski definition) is 4. The number of rotatable bonds is 5. The van der Waals surface area contributed by atoms with E-state index in [1.807, 2.05) is 0 Å². The maximum Gasteiger partial charge on any atom is 0.143 e. The maximum atomic E-state index is 5.51. The molecule has 0 saturated carbocycles. The number of hydrogen-bond donors (Lipinski definition) is 0. The van der Waals surface area contributed by atoms with Crippen molar-refractivity contribution in [2.24, 2.45) is 0 Å². The normalized spacial score (nSPS) is 20.7. The molecule has 96 valence electrons. The molecule has 1 unspecified atom stereocenters. The molecule has 1 aromatic rings. The Morgan fingerprint density at radius 2 is 2.41 bits per heavy atom. The first-order valence-corrected chi connectivity index (χ1v) is 7.03. The highest BCUT2D eigenvalue weighted by atomic mass is 79.9. The van der Waals surface area contributed by atoms with Crippen LogP contribution in [-0.2, 0) is 21.3 Å². The van der Waals surface area contributed by atoms with Gasteiger partial charge in [-0.2, -0.15) is 0 Å². The SMILES string of the molecule is COCCn1c(CBr)nnc1C1CCCOC1. The molecule has 1 aliphatic heterocycles. The van der Waals surface area contributed by atoms with Crippen LogP contribution < -0.4 is 0 Å². The second-order valence-corrected chi connectivity index (χ2v) is 4.73. The third-order valence-corrected chi connectivity index (χ3v) is 3.52. The quantitative estimate of drug-likeness (QED) is 0.777. The van der Waals surface area contributed by atoms with E-state index in [4.69, 9.17) is 9.47 Å². The van der Waals surface area contributed by atoms with Gasteiger partial charge in [0.15, 0.2) is 0 Å². The lowest BCUT2D eigenvalue weighted by Gasteiger charge is -2.22. The zero-order chi connectivity index (χ0) is 12.1. The molecule has 1 saturated heterocycles. The summed E-state index contributed by atoms with van der Waals surface area (Å²) in [7, 11) is 1.71. The molecule has 1 aromatic heterocycles. The summed E-state index contributed by atoms with van der Waals surface area (Å²) in [5, 5.41) is 9.25. The van der Waals surface area contributed by atoms with Gasteiger partial charge in [0.25, 0.3) is 0 Å². The summed E-state index contributed by atoms with van der Waals surface area (Å²) >= 11 is 3.44. The van der Waals surface area contributed by atoms with Gasteiger partial charge < -0.3 is 14.0 Å². The van der Waals surface area contributed by atoms with Crippen LogP contribution in [0.4, 0.5) is 0 Å². The lowest BCUT2D eigenvalue weighted by Crippen LogP contribution is -2.21. The lowest BCUT2D eigenvalue weighted by molar-refractivity contribution is 0.0762. The Labute approximate surface area is 110 Å². The van der Waals surface area contributed by atoms with Crippen LogP contribution in [0.2, 0.25) is 0 Å². The van der Waals surface area contributed by atoms with E-state index in [1.54, 1.807) is 7.11 Å². The fraction of sp³-hybridized carbons (Fsp3) is 0.818. The lowest BCUT2D eigenvalue weighted by atomic mass is 10.0. The van der Waals surface area contributed by atoms with Crippen molar-refractivity contribution < 1.29 is 9.47 Å². The molecule has 1 fully saturated rings. The van der Waals surface area contributed by atoms with Gasteiger partial charge in [0.2, 0.25) is 0 Å². The highest BCUT2D eigenvalue weighted by molar-refractivity contribution is 9.08. The van der Waals surface area contributed by atoms with E-state index >= 15 is 0 Å². The standard InChI is InChI=1S/C11H18BrN3O2/c1-16-6-4-15-10(7-12)13-14-11(15)9-3-2-5-17-8-9/h9H,2-8H2,1H3. The Bertz CT molecular complexity index is 350.